The molecule has 0 bridgehead atoms. The molecular formula is C20H20FN3O3. The van der Waals surface area contributed by atoms with Crippen LogP contribution in [0.4, 0.5) is 10.2 Å². The summed E-state index contributed by atoms with van der Waals surface area (Å²) in [6.45, 7) is 5.13. The molecule has 0 unspecified atom stereocenters. The molecule has 0 radical (unpaired) electrons. The van der Waals surface area contributed by atoms with Crippen molar-refractivity contribution in [3.63, 3.8) is 0 Å². The molecule has 6 nitrogen and oxygen atoms in total. The van der Waals surface area contributed by atoms with E-state index in [1.165, 1.54) is 24.4 Å². The second-order valence-corrected chi connectivity index (χ2v) is 7.32. The molecule has 0 aliphatic heterocycles. The molecular weight excluding hydrogens is 349 g/mol. The number of carbonyl (C=O) groups is 2. The molecule has 0 spiro atoms. The molecule has 1 aliphatic rings. The van der Waals surface area contributed by atoms with Gasteiger partial charge in [0.05, 0.1) is 17.5 Å². The average Bonchev–Trinajstić information content (AvgIpc) is 3.00. The van der Waals surface area contributed by atoms with Crippen LogP contribution in [0.1, 0.15) is 49.7 Å². The van der Waals surface area contributed by atoms with E-state index in [0.717, 1.165) is 5.57 Å². The summed E-state index contributed by atoms with van der Waals surface area (Å²) in [6.07, 6.45) is 4.06. The number of hydrogen-bond donors (Lipinski definition) is 1. The molecule has 3 rings (SSSR count). The van der Waals surface area contributed by atoms with Gasteiger partial charge in [-0.2, -0.15) is 0 Å². The number of ketones is 1. The lowest BCUT2D eigenvalue weighted by Crippen LogP contribution is -2.24. The Balaban J connectivity index is 1.95. The van der Waals surface area contributed by atoms with Gasteiger partial charge in [0, 0.05) is 12.0 Å². The summed E-state index contributed by atoms with van der Waals surface area (Å²) < 4.78 is 19.7. The number of anilines is 1. The van der Waals surface area contributed by atoms with Crippen molar-refractivity contribution in [1.82, 2.24) is 9.97 Å². The fourth-order valence-electron chi connectivity index (χ4n) is 2.73. The molecule has 140 valence electrons. The van der Waals surface area contributed by atoms with Crippen molar-refractivity contribution in [2.75, 3.05) is 5.73 Å². The minimum absolute atomic E-state index is 0.0398. The number of nitrogens with zero attached hydrogens (tertiary/aromatic N) is 2. The lowest BCUT2D eigenvalue weighted by atomic mass is 10.1. The maximum atomic E-state index is 14.5. The number of ether oxygens (including phenoxy) is 1. The molecule has 0 amide bonds. The second kappa shape index (κ2) is 6.90. The minimum Gasteiger partial charge on any atom is -0.456 e. The largest absolute Gasteiger partial charge is 0.456 e. The standard InChI is InChI=1S/C20H20FN3O3/c1-20(2,3)27-19(26)14-7-5-12(9-15(14)21)17-18(22)23-10-16(24-17)11-4-6-13(25)8-11/h5,7-10H,4,6H2,1-3H3,(H2,22,23). The van der Waals surface area contributed by atoms with Crippen molar-refractivity contribution in [3.8, 4) is 11.3 Å². The van der Waals surface area contributed by atoms with E-state index in [1.807, 2.05) is 0 Å². The SMILES string of the molecule is CC(C)(C)OC(=O)c1ccc(-c2nc(C3=CC(=O)CC3)cnc2N)cc1F. The fourth-order valence-corrected chi connectivity index (χ4v) is 2.73. The third-order valence-corrected chi connectivity index (χ3v) is 3.97. The van der Waals surface area contributed by atoms with E-state index < -0.39 is 17.4 Å². The molecule has 1 aromatic carbocycles. The number of aromatic nitrogens is 2. The van der Waals surface area contributed by atoms with Crippen LogP contribution in [0.5, 0.6) is 0 Å². The van der Waals surface area contributed by atoms with E-state index in [1.54, 1.807) is 26.8 Å². The third-order valence-electron chi connectivity index (χ3n) is 3.97. The number of hydrogen-bond acceptors (Lipinski definition) is 6. The number of esters is 1. The fraction of sp³-hybridized carbons (Fsp3) is 0.300. The quantitative estimate of drug-likeness (QED) is 0.831. The molecule has 1 aliphatic carbocycles. The van der Waals surface area contributed by atoms with Crippen molar-refractivity contribution < 1.29 is 18.7 Å². The van der Waals surface area contributed by atoms with Gasteiger partial charge in [-0.3, -0.25) is 4.79 Å². The van der Waals surface area contributed by atoms with Crippen LogP contribution in [0.15, 0.2) is 30.5 Å². The molecule has 2 N–H and O–H groups in total. The first-order valence-corrected chi connectivity index (χ1v) is 8.53. The summed E-state index contributed by atoms with van der Waals surface area (Å²) in [7, 11) is 0. The highest BCUT2D eigenvalue weighted by Gasteiger charge is 2.22. The first-order valence-electron chi connectivity index (χ1n) is 8.53. The van der Waals surface area contributed by atoms with Gasteiger partial charge < -0.3 is 10.5 Å². The zero-order valence-electron chi connectivity index (χ0n) is 15.4. The summed E-state index contributed by atoms with van der Waals surface area (Å²) >= 11 is 0. The Morgan fingerprint density at radius 2 is 2.00 bits per heavy atom. The number of benzene rings is 1. The number of carbonyl (C=O) groups excluding carboxylic acids is 2. The van der Waals surface area contributed by atoms with Gasteiger partial charge in [0.2, 0.25) is 0 Å². The van der Waals surface area contributed by atoms with E-state index in [9.17, 15) is 14.0 Å². The maximum Gasteiger partial charge on any atom is 0.341 e. The van der Waals surface area contributed by atoms with Crippen molar-refractivity contribution in [2.45, 2.75) is 39.2 Å². The first kappa shape index (κ1) is 18.7. The summed E-state index contributed by atoms with van der Waals surface area (Å²) in [4.78, 5) is 32.1. The Labute approximate surface area is 156 Å². The van der Waals surface area contributed by atoms with Gasteiger partial charge in [0.1, 0.15) is 22.9 Å². The topological polar surface area (TPSA) is 95.2 Å². The number of rotatable bonds is 3. The van der Waals surface area contributed by atoms with E-state index in [2.05, 4.69) is 9.97 Å². The average molecular weight is 369 g/mol. The van der Waals surface area contributed by atoms with Gasteiger partial charge in [-0.25, -0.2) is 19.2 Å². The monoisotopic (exact) mass is 369 g/mol. The number of nitrogens with two attached hydrogens (primary N) is 1. The Morgan fingerprint density at radius 1 is 1.26 bits per heavy atom. The smallest absolute Gasteiger partial charge is 0.341 e. The van der Waals surface area contributed by atoms with Crippen LogP contribution < -0.4 is 5.73 Å². The van der Waals surface area contributed by atoms with E-state index >= 15 is 0 Å². The van der Waals surface area contributed by atoms with Crippen LogP contribution in [0.25, 0.3) is 16.8 Å². The summed E-state index contributed by atoms with van der Waals surface area (Å²) in [5.74, 6) is -1.30. The predicted octanol–water partition coefficient (Wildman–Crippen LogP) is 3.57. The van der Waals surface area contributed by atoms with Crippen LogP contribution in [0.2, 0.25) is 0 Å². The van der Waals surface area contributed by atoms with Gasteiger partial charge in [-0.05, 0) is 51.0 Å². The van der Waals surface area contributed by atoms with Crippen molar-refractivity contribution in [1.29, 1.82) is 0 Å². The van der Waals surface area contributed by atoms with Gasteiger partial charge >= 0.3 is 5.97 Å². The van der Waals surface area contributed by atoms with Gasteiger partial charge in [-0.1, -0.05) is 6.07 Å². The van der Waals surface area contributed by atoms with Crippen LogP contribution in [-0.2, 0) is 9.53 Å². The summed E-state index contributed by atoms with van der Waals surface area (Å²) in [5.41, 5.74) is 7.00. The molecule has 1 heterocycles. The van der Waals surface area contributed by atoms with E-state index in [4.69, 9.17) is 10.5 Å². The van der Waals surface area contributed by atoms with Crippen molar-refractivity contribution in [2.24, 2.45) is 0 Å². The molecule has 0 atom stereocenters. The molecule has 27 heavy (non-hydrogen) atoms. The van der Waals surface area contributed by atoms with Crippen LogP contribution in [-0.4, -0.2) is 27.3 Å². The normalized spacial score (nSPS) is 14.2. The highest BCUT2D eigenvalue weighted by Crippen LogP contribution is 2.29. The minimum atomic E-state index is -0.742. The van der Waals surface area contributed by atoms with E-state index in [0.29, 0.717) is 29.8 Å². The number of allylic oxidation sites excluding steroid dienone is 2. The number of halogens is 1. The highest BCUT2D eigenvalue weighted by molar-refractivity contribution is 6.01. The predicted molar refractivity (Wildman–Crippen MR) is 99.2 cm³/mol. The Bertz CT molecular complexity index is 961. The van der Waals surface area contributed by atoms with Gasteiger partial charge in [-0.15, -0.1) is 0 Å². The van der Waals surface area contributed by atoms with Gasteiger partial charge in [0.15, 0.2) is 5.78 Å². The molecule has 0 saturated heterocycles. The third kappa shape index (κ3) is 4.19. The maximum absolute atomic E-state index is 14.5. The Kier molecular flexibility index (Phi) is 4.78. The van der Waals surface area contributed by atoms with Crippen molar-refractivity contribution >= 4 is 23.1 Å². The Hall–Kier alpha value is -3.09. The second-order valence-electron chi connectivity index (χ2n) is 7.32. The zero-order valence-corrected chi connectivity index (χ0v) is 15.4. The Morgan fingerprint density at radius 3 is 2.59 bits per heavy atom. The zero-order chi connectivity index (χ0) is 19.8. The lowest BCUT2D eigenvalue weighted by molar-refractivity contribution is -0.114. The summed E-state index contributed by atoms with van der Waals surface area (Å²) in [6, 6.07) is 4.06. The van der Waals surface area contributed by atoms with Crippen LogP contribution >= 0.6 is 0 Å². The summed E-state index contributed by atoms with van der Waals surface area (Å²) in [5, 5.41) is 0. The van der Waals surface area contributed by atoms with Gasteiger partial charge in [0.25, 0.3) is 0 Å². The van der Waals surface area contributed by atoms with Crippen molar-refractivity contribution in [3.05, 3.63) is 47.5 Å². The molecule has 7 heteroatoms. The molecule has 0 saturated carbocycles. The van der Waals surface area contributed by atoms with E-state index in [-0.39, 0.29) is 17.2 Å². The van der Waals surface area contributed by atoms with Crippen LogP contribution in [0.3, 0.4) is 0 Å². The first-order chi connectivity index (χ1) is 12.6. The highest BCUT2D eigenvalue weighted by atomic mass is 19.1. The molecule has 0 fully saturated rings. The lowest BCUT2D eigenvalue weighted by Gasteiger charge is -2.19. The number of nitrogen functional groups attached to an aromatic ring is 1. The molecule has 2 aromatic rings. The van der Waals surface area contributed by atoms with Crippen LogP contribution in [0, 0.1) is 5.82 Å². The molecule has 1 aromatic heterocycles.